The first-order chi connectivity index (χ1) is 13.8. The van der Waals surface area contributed by atoms with Gasteiger partial charge in [-0.3, -0.25) is 4.90 Å². The van der Waals surface area contributed by atoms with Crippen molar-refractivity contribution in [2.24, 2.45) is 0 Å². The van der Waals surface area contributed by atoms with Crippen molar-refractivity contribution < 1.29 is 0 Å². The molecule has 4 rings (SSSR count). The molecule has 0 amide bonds. The molecule has 1 aliphatic heterocycles. The number of benzene rings is 1. The molecular formula is C24H34N4. The first-order valence-electron chi connectivity index (χ1n) is 10.7. The summed E-state index contributed by atoms with van der Waals surface area (Å²) in [6, 6.07) is 13.3. The number of pyridine rings is 1. The first kappa shape index (κ1) is 20.4. The number of aromatic nitrogens is 1. The molecule has 1 atom stereocenters. The molecule has 2 heterocycles. The zero-order chi connectivity index (χ0) is 19.8. The maximum absolute atomic E-state index is 4.35. The number of fused-ring (bicyclic) bond motifs is 1. The van der Waals surface area contributed by atoms with Crippen molar-refractivity contribution >= 4 is 17.6 Å². The lowest BCUT2D eigenvalue weighted by molar-refractivity contribution is 0.204. The Kier molecular flexibility index (Phi) is 7.49. The molecule has 0 spiro atoms. The van der Waals surface area contributed by atoms with E-state index in [1.54, 1.807) is 0 Å². The van der Waals surface area contributed by atoms with Crippen LogP contribution in [-0.2, 0) is 6.42 Å². The molecule has 0 bridgehead atoms. The molecule has 2 aliphatic rings. The van der Waals surface area contributed by atoms with Crippen LogP contribution in [0, 0.1) is 0 Å². The van der Waals surface area contributed by atoms with Gasteiger partial charge < -0.3 is 10.2 Å². The highest BCUT2D eigenvalue weighted by molar-refractivity contribution is 5.67. The van der Waals surface area contributed by atoms with Crippen LogP contribution in [0.5, 0.6) is 0 Å². The number of hydrogen-bond acceptors (Lipinski definition) is 4. The molecule has 28 heavy (non-hydrogen) atoms. The van der Waals surface area contributed by atoms with E-state index in [1.807, 2.05) is 38.2 Å². The molecule has 1 unspecified atom stereocenters. The number of allylic oxidation sites excluding steroid dienone is 1. The molecule has 1 aliphatic carbocycles. The van der Waals surface area contributed by atoms with Crippen LogP contribution in [0.25, 0.3) is 6.08 Å². The minimum absolute atomic E-state index is 0.506. The van der Waals surface area contributed by atoms with Crippen LogP contribution in [-0.4, -0.2) is 48.6 Å². The minimum Gasteiger partial charge on any atom is -0.369 e. The summed E-state index contributed by atoms with van der Waals surface area (Å²) in [6.45, 7) is 11.7. The van der Waals surface area contributed by atoms with Gasteiger partial charge in [0.25, 0.3) is 0 Å². The monoisotopic (exact) mass is 378 g/mol. The van der Waals surface area contributed by atoms with Crippen LogP contribution >= 0.6 is 0 Å². The highest BCUT2D eigenvalue weighted by atomic mass is 15.3. The number of piperazine rings is 1. The fourth-order valence-electron chi connectivity index (χ4n) is 4.01. The number of rotatable bonds is 5. The summed E-state index contributed by atoms with van der Waals surface area (Å²) in [5.41, 5.74) is 4.39. The van der Waals surface area contributed by atoms with Crippen LogP contribution < -0.4 is 10.2 Å². The fraction of sp³-hybridized carbons (Fsp3) is 0.458. The van der Waals surface area contributed by atoms with Gasteiger partial charge in [0.2, 0.25) is 0 Å². The summed E-state index contributed by atoms with van der Waals surface area (Å²) in [6.07, 6.45) is 8.75. The van der Waals surface area contributed by atoms with Gasteiger partial charge in [-0.2, -0.15) is 0 Å². The second kappa shape index (κ2) is 10.3. The van der Waals surface area contributed by atoms with Gasteiger partial charge in [0.1, 0.15) is 5.82 Å². The quantitative estimate of drug-likeness (QED) is 0.818. The summed E-state index contributed by atoms with van der Waals surface area (Å²) in [7, 11) is 0. The van der Waals surface area contributed by atoms with E-state index in [-0.39, 0.29) is 0 Å². The van der Waals surface area contributed by atoms with Gasteiger partial charge in [-0.15, -0.1) is 0 Å². The third-order valence-electron chi connectivity index (χ3n) is 5.57. The van der Waals surface area contributed by atoms with Crippen molar-refractivity contribution in [2.75, 3.05) is 42.9 Å². The third-order valence-corrected chi connectivity index (χ3v) is 5.57. The Morgan fingerprint density at radius 1 is 1.04 bits per heavy atom. The van der Waals surface area contributed by atoms with Gasteiger partial charge in [-0.25, -0.2) is 4.98 Å². The number of hydrogen-bond donors (Lipinski definition) is 1. The molecule has 1 aromatic heterocycles. The molecule has 1 aromatic carbocycles. The number of anilines is 2. The highest BCUT2D eigenvalue weighted by Crippen LogP contribution is 2.30. The standard InChI is InChI=1S/C22H28N4.C2H6/c1-18(17-24-22-11-4-5-12-23-22)25-13-15-26(16-14-25)21-10-6-8-19-7-2-3-9-20(19)21;1-2/h2,4-8,10-12,18H,3,9,13-17H2,1H3,(H,23,24);1-2H3. The van der Waals surface area contributed by atoms with E-state index in [9.17, 15) is 0 Å². The zero-order valence-electron chi connectivity index (χ0n) is 17.6. The molecule has 0 saturated carbocycles. The molecule has 4 nitrogen and oxygen atoms in total. The Labute approximate surface area is 170 Å². The van der Waals surface area contributed by atoms with E-state index in [0.29, 0.717) is 6.04 Å². The van der Waals surface area contributed by atoms with Crippen molar-refractivity contribution in [3.8, 4) is 0 Å². The van der Waals surface area contributed by atoms with E-state index in [1.165, 1.54) is 29.7 Å². The average Bonchev–Trinajstić information content (AvgIpc) is 2.79. The van der Waals surface area contributed by atoms with Crippen LogP contribution in [0.2, 0.25) is 0 Å². The van der Waals surface area contributed by atoms with Crippen LogP contribution in [0.3, 0.4) is 0 Å². The molecular weight excluding hydrogens is 344 g/mol. The third kappa shape index (κ3) is 4.93. The predicted octanol–water partition coefficient (Wildman–Crippen LogP) is 4.69. The Bertz CT molecular complexity index is 748. The maximum Gasteiger partial charge on any atom is 0.125 e. The molecule has 0 radical (unpaired) electrons. The molecule has 1 saturated heterocycles. The van der Waals surface area contributed by atoms with Crippen LogP contribution in [0.1, 0.15) is 38.3 Å². The number of nitrogens with zero attached hydrogens (tertiary/aromatic N) is 3. The summed E-state index contributed by atoms with van der Waals surface area (Å²) >= 11 is 0. The van der Waals surface area contributed by atoms with E-state index in [4.69, 9.17) is 0 Å². The zero-order valence-corrected chi connectivity index (χ0v) is 17.6. The van der Waals surface area contributed by atoms with Crippen molar-refractivity contribution in [3.63, 3.8) is 0 Å². The Hall–Kier alpha value is -2.33. The minimum atomic E-state index is 0.506. The second-order valence-corrected chi connectivity index (χ2v) is 7.25. The molecule has 150 valence electrons. The van der Waals surface area contributed by atoms with Crippen molar-refractivity contribution in [1.29, 1.82) is 0 Å². The average molecular weight is 379 g/mol. The van der Waals surface area contributed by atoms with Gasteiger partial charge in [-0.05, 0) is 49.1 Å². The Morgan fingerprint density at radius 2 is 1.86 bits per heavy atom. The summed E-state index contributed by atoms with van der Waals surface area (Å²) in [4.78, 5) is 9.51. The molecule has 4 heteroatoms. The first-order valence-corrected chi connectivity index (χ1v) is 10.7. The molecule has 1 fully saturated rings. The van der Waals surface area contributed by atoms with Gasteiger partial charge in [-0.1, -0.05) is 44.2 Å². The van der Waals surface area contributed by atoms with E-state index >= 15 is 0 Å². The topological polar surface area (TPSA) is 31.4 Å². The van der Waals surface area contributed by atoms with E-state index in [2.05, 4.69) is 57.4 Å². The highest BCUT2D eigenvalue weighted by Gasteiger charge is 2.23. The SMILES string of the molecule is CC.CC(CNc1ccccn1)N1CCN(c2cccc3c2CCC=C3)CC1. The molecule has 2 aromatic rings. The second-order valence-electron chi connectivity index (χ2n) is 7.25. The van der Waals surface area contributed by atoms with Gasteiger partial charge in [0.05, 0.1) is 0 Å². The number of nitrogens with one attached hydrogen (secondary N) is 1. The Balaban J connectivity index is 0.00000109. The largest absolute Gasteiger partial charge is 0.369 e. The van der Waals surface area contributed by atoms with Gasteiger partial charge >= 0.3 is 0 Å². The Morgan fingerprint density at radius 3 is 2.61 bits per heavy atom. The van der Waals surface area contributed by atoms with Gasteiger partial charge in [0.15, 0.2) is 0 Å². The lowest BCUT2D eigenvalue weighted by Gasteiger charge is -2.40. The van der Waals surface area contributed by atoms with Crippen LogP contribution in [0.15, 0.2) is 48.7 Å². The van der Waals surface area contributed by atoms with E-state index in [0.717, 1.165) is 38.5 Å². The summed E-state index contributed by atoms with van der Waals surface area (Å²) < 4.78 is 0. The molecule has 1 N–H and O–H groups in total. The lowest BCUT2D eigenvalue weighted by atomic mass is 9.95. The fourth-order valence-corrected chi connectivity index (χ4v) is 4.01. The summed E-state index contributed by atoms with van der Waals surface area (Å²) in [5.74, 6) is 0.960. The van der Waals surface area contributed by atoms with Crippen LogP contribution in [0.4, 0.5) is 11.5 Å². The predicted molar refractivity (Wildman–Crippen MR) is 121 cm³/mol. The van der Waals surface area contributed by atoms with Gasteiger partial charge in [0, 0.05) is 50.6 Å². The summed E-state index contributed by atoms with van der Waals surface area (Å²) in [5, 5.41) is 3.45. The maximum atomic E-state index is 4.35. The normalized spacial score (nSPS) is 17.3. The van der Waals surface area contributed by atoms with Crippen molar-refractivity contribution in [1.82, 2.24) is 9.88 Å². The van der Waals surface area contributed by atoms with E-state index < -0.39 is 0 Å². The van der Waals surface area contributed by atoms with Crippen molar-refractivity contribution in [3.05, 3.63) is 59.8 Å². The smallest absolute Gasteiger partial charge is 0.125 e. The van der Waals surface area contributed by atoms with Crippen molar-refractivity contribution in [2.45, 2.75) is 39.7 Å². The lowest BCUT2D eigenvalue weighted by Crippen LogP contribution is -2.51.